The van der Waals surface area contributed by atoms with E-state index >= 15 is 0 Å². The lowest BCUT2D eigenvalue weighted by molar-refractivity contribution is -0.144. The second-order valence-corrected chi connectivity index (χ2v) is 5.30. The molecule has 0 unspecified atom stereocenters. The zero-order valence-electron chi connectivity index (χ0n) is 9.65. The average Bonchev–Trinajstić information content (AvgIpc) is 2.26. The molecule has 0 saturated heterocycles. The first-order chi connectivity index (χ1) is 7.59. The van der Waals surface area contributed by atoms with Gasteiger partial charge in [0.25, 0.3) is 0 Å². The Morgan fingerprint density at radius 2 is 1.94 bits per heavy atom. The molecule has 0 N–H and O–H groups in total. The van der Waals surface area contributed by atoms with Crippen molar-refractivity contribution >= 4 is 21.9 Å². The predicted molar refractivity (Wildman–Crippen MR) is 68.4 cm³/mol. The van der Waals surface area contributed by atoms with Crippen molar-refractivity contribution in [2.45, 2.75) is 31.7 Å². The van der Waals surface area contributed by atoms with Gasteiger partial charge in [-0.3, -0.25) is 4.79 Å². The van der Waals surface area contributed by atoms with Crippen LogP contribution in [0.3, 0.4) is 0 Å². The number of rotatable bonds is 5. The molecule has 1 aromatic rings. The molecule has 0 aliphatic carbocycles. The Morgan fingerprint density at radius 1 is 1.31 bits per heavy atom. The summed E-state index contributed by atoms with van der Waals surface area (Å²) in [4.78, 5) is 11.4. The van der Waals surface area contributed by atoms with Crippen LogP contribution in [0.15, 0.2) is 30.3 Å². The van der Waals surface area contributed by atoms with E-state index in [1.54, 1.807) is 0 Å². The summed E-state index contributed by atoms with van der Waals surface area (Å²) in [6.45, 7) is 4.51. The van der Waals surface area contributed by atoms with Gasteiger partial charge < -0.3 is 4.74 Å². The maximum absolute atomic E-state index is 11.6. The molecule has 0 radical (unpaired) electrons. The van der Waals surface area contributed by atoms with Crippen LogP contribution < -0.4 is 0 Å². The zero-order chi connectivity index (χ0) is 12.0. The number of carbonyl (C=O) groups excluding carboxylic acids is 1. The summed E-state index contributed by atoms with van der Waals surface area (Å²) < 4.78 is 5.20. The first-order valence-corrected chi connectivity index (χ1v) is 6.35. The third kappa shape index (κ3) is 4.79. The summed E-state index contributed by atoms with van der Waals surface area (Å²) in [7, 11) is 0. The third-order valence-electron chi connectivity index (χ3n) is 2.16. The molecule has 0 fully saturated rings. The quantitative estimate of drug-likeness (QED) is 0.611. The lowest BCUT2D eigenvalue weighted by Gasteiger charge is -2.11. The Morgan fingerprint density at radius 3 is 2.50 bits per heavy atom. The molecule has 0 saturated carbocycles. The molecule has 1 rings (SSSR count). The number of benzene rings is 1. The SMILES string of the molecule is CC(C)C[C@@H](Br)C(=O)OCc1ccccc1. The Balaban J connectivity index is 2.35. The monoisotopic (exact) mass is 284 g/mol. The Hall–Kier alpha value is -0.830. The normalized spacial score (nSPS) is 12.5. The fourth-order valence-corrected chi connectivity index (χ4v) is 2.21. The Labute approximate surface area is 105 Å². The Bertz CT molecular complexity index is 322. The number of hydrogen-bond acceptors (Lipinski definition) is 2. The van der Waals surface area contributed by atoms with Crippen molar-refractivity contribution in [2.24, 2.45) is 5.92 Å². The van der Waals surface area contributed by atoms with Gasteiger partial charge in [-0.25, -0.2) is 0 Å². The van der Waals surface area contributed by atoms with Crippen LogP contribution in [0.25, 0.3) is 0 Å². The highest BCUT2D eigenvalue weighted by Crippen LogP contribution is 2.15. The molecule has 88 valence electrons. The highest BCUT2D eigenvalue weighted by molar-refractivity contribution is 9.10. The van der Waals surface area contributed by atoms with E-state index in [4.69, 9.17) is 4.74 Å². The number of esters is 1. The lowest BCUT2D eigenvalue weighted by atomic mass is 10.1. The molecule has 0 aromatic heterocycles. The van der Waals surface area contributed by atoms with Crippen LogP contribution in [-0.4, -0.2) is 10.8 Å². The lowest BCUT2D eigenvalue weighted by Crippen LogP contribution is -2.19. The average molecular weight is 285 g/mol. The van der Waals surface area contributed by atoms with Crippen molar-refractivity contribution < 1.29 is 9.53 Å². The van der Waals surface area contributed by atoms with E-state index in [-0.39, 0.29) is 10.8 Å². The molecular weight excluding hydrogens is 268 g/mol. The van der Waals surface area contributed by atoms with Gasteiger partial charge in [0, 0.05) is 0 Å². The second kappa shape index (κ2) is 6.69. The molecule has 0 heterocycles. The Kier molecular flexibility index (Phi) is 5.53. The van der Waals surface area contributed by atoms with Crippen molar-refractivity contribution in [2.75, 3.05) is 0 Å². The highest BCUT2D eigenvalue weighted by atomic mass is 79.9. The molecule has 3 heteroatoms. The molecule has 2 nitrogen and oxygen atoms in total. The van der Waals surface area contributed by atoms with E-state index in [0.29, 0.717) is 12.5 Å². The van der Waals surface area contributed by atoms with Crippen LogP contribution in [0.5, 0.6) is 0 Å². The van der Waals surface area contributed by atoms with Crippen molar-refractivity contribution in [3.63, 3.8) is 0 Å². The molecule has 0 spiro atoms. The second-order valence-electron chi connectivity index (χ2n) is 4.19. The molecule has 16 heavy (non-hydrogen) atoms. The van der Waals surface area contributed by atoms with Crippen LogP contribution in [0.1, 0.15) is 25.8 Å². The van der Waals surface area contributed by atoms with Crippen molar-refractivity contribution in [3.8, 4) is 0 Å². The molecule has 0 aliphatic heterocycles. The van der Waals surface area contributed by atoms with E-state index in [0.717, 1.165) is 12.0 Å². The zero-order valence-corrected chi connectivity index (χ0v) is 11.2. The summed E-state index contributed by atoms with van der Waals surface area (Å²) in [6.07, 6.45) is 0.799. The maximum Gasteiger partial charge on any atom is 0.320 e. The van der Waals surface area contributed by atoms with Gasteiger partial charge in [-0.1, -0.05) is 60.1 Å². The van der Waals surface area contributed by atoms with Gasteiger partial charge in [0.1, 0.15) is 11.4 Å². The van der Waals surface area contributed by atoms with Gasteiger partial charge in [-0.15, -0.1) is 0 Å². The standard InChI is InChI=1S/C13H17BrO2/c1-10(2)8-12(14)13(15)16-9-11-6-4-3-5-7-11/h3-7,10,12H,8-9H2,1-2H3/t12-/m1/s1. The third-order valence-corrected chi connectivity index (χ3v) is 2.91. The summed E-state index contributed by atoms with van der Waals surface area (Å²) in [5.41, 5.74) is 1.01. The minimum Gasteiger partial charge on any atom is -0.460 e. The van der Waals surface area contributed by atoms with E-state index in [9.17, 15) is 4.79 Å². The maximum atomic E-state index is 11.6. The van der Waals surface area contributed by atoms with Gasteiger partial charge in [-0.05, 0) is 17.9 Å². The minimum absolute atomic E-state index is 0.183. The summed E-state index contributed by atoms with van der Waals surface area (Å²) in [6, 6.07) is 9.70. The van der Waals surface area contributed by atoms with Gasteiger partial charge in [0.2, 0.25) is 0 Å². The van der Waals surface area contributed by atoms with Crippen LogP contribution in [0.2, 0.25) is 0 Å². The fourth-order valence-electron chi connectivity index (χ4n) is 1.33. The number of halogens is 1. The predicted octanol–water partition coefficient (Wildman–Crippen LogP) is 3.54. The largest absolute Gasteiger partial charge is 0.460 e. The van der Waals surface area contributed by atoms with Gasteiger partial charge in [-0.2, -0.15) is 0 Å². The minimum atomic E-state index is -0.198. The first-order valence-electron chi connectivity index (χ1n) is 5.44. The summed E-state index contributed by atoms with van der Waals surface area (Å²) in [5.74, 6) is 0.297. The van der Waals surface area contributed by atoms with Gasteiger partial charge in [0.05, 0.1) is 0 Å². The molecule has 0 bridgehead atoms. The topological polar surface area (TPSA) is 26.3 Å². The van der Waals surface area contributed by atoms with Crippen LogP contribution in [-0.2, 0) is 16.1 Å². The van der Waals surface area contributed by atoms with Crippen molar-refractivity contribution in [3.05, 3.63) is 35.9 Å². The van der Waals surface area contributed by atoms with E-state index in [1.165, 1.54) is 0 Å². The number of alkyl halides is 1. The van der Waals surface area contributed by atoms with Crippen molar-refractivity contribution in [1.29, 1.82) is 0 Å². The number of hydrogen-bond donors (Lipinski definition) is 0. The van der Waals surface area contributed by atoms with Gasteiger partial charge >= 0.3 is 5.97 Å². The van der Waals surface area contributed by atoms with E-state index < -0.39 is 0 Å². The van der Waals surface area contributed by atoms with Crippen LogP contribution in [0, 0.1) is 5.92 Å². The van der Waals surface area contributed by atoms with E-state index in [2.05, 4.69) is 29.8 Å². The molecule has 0 amide bonds. The fraction of sp³-hybridized carbons (Fsp3) is 0.462. The summed E-state index contributed by atoms with van der Waals surface area (Å²) >= 11 is 3.34. The summed E-state index contributed by atoms with van der Waals surface area (Å²) in [5, 5.41) is 0. The van der Waals surface area contributed by atoms with E-state index in [1.807, 2.05) is 30.3 Å². The van der Waals surface area contributed by atoms with Crippen LogP contribution in [0.4, 0.5) is 0 Å². The van der Waals surface area contributed by atoms with Crippen LogP contribution >= 0.6 is 15.9 Å². The first kappa shape index (κ1) is 13.2. The van der Waals surface area contributed by atoms with Crippen molar-refractivity contribution in [1.82, 2.24) is 0 Å². The smallest absolute Gasteiger partial charge is 0.320 e. The molecule has 1 atom stereocenters. The molecule has 1 aromatic carbocycles. The molecule has 0 aliphatic rings. The number of carbonyl (C=O) groups is 1. The molecular formula is C13H17BrO2. The number of ether oxygens (including phenoxy) is 1. The van der Waals surface area contributed by atoms with Gasteiger partial charge in [0.15, 0.2) is 0 Å². The highest BCUT2D eigenvalue weighted by Gasteiger charge is 2.17.